The molecule has 0 spiro atoms. The summed E-state index contributed by atoms with van der Waals surface area (Å²) in [7, 11) is 0. The van der Waals surface area contributed by atoms with Gasteiger partial charge in [0.25, 0.3) is 0 Å². The first-order chi connectivity index (χ1) is 15.0. The van der Waals surface area contributed by atoms with Crippen molar-refractivity contribution < 1.29 is 27.9 Å². The fraction of sp³-hybridized carbons (Fsp3) is 0.680. The zero-order chi connectivity index (χ0) is 21.4. The van der Waals surface area contributed by atoms with E-state index in [4.69, 9.17) is 13.9 Å². The molecule has 4 unspecified atom stereocenters. The van der Waals surface area contributed by atoms with E-state index in [2.05, 4.69) is 6.92 Å². The Hall–Kier alpha value is -1.79. The quantitative estimate of drug-likeness (QED) is 0.698. The summed E-state index contributed by atoms with van der Waals surface area (Å²) in [4.78, 5) is 25.1. The van der Waals surface area contributed by atoms with Crippen LogP contribution >= 0.6 is 0 Å². The highest BCUT2D eigenvalue weighted by Crippen LogP contribution is 2.69. The molecule has 6 rings (SSSR count). The maximum atomic E-state index is 13.9. The number of carbonyl (C=O) groups excluding carboxylic acids is 2. The van der Waals surface area contributed by atoms with Crippen molar-refractivity contribution in [3.05, 3.63) is 35.8 Å². The number of ketones is 2. The first-order valence-electron chi connectivity index (χ1n) is 11.7. The van der Waals surface area contributed by atoms with Crippen LogP contribution < -0.4 is 0 Å². The molecule has 5 aliphatic rings. The largest absolute Gasteiger partial charge is 0.464 e. The summed E-state index contributed by atoms with van der Waals surface area (Å²) in [6.45, 7) is 1.09. The average Bonchev–Trinajstić information content (AvgIpc) is 3.47. The molecule has 166 valence electrons. The predicted octanol–water partition coefficient (Wildman–Crippen LogP) is 4.72. The molecular weight excluding hydrogens is 398 g/mol. The molecule has 0 amide bonds. The van der Waals surface area contributed by atoms with Gasteiger partial charge in [0, 0.05) is 11.8 Å². The Kier molecular flexibility index (Phi) is 4.39. The topological polar surface area (TPSA) is 65.7 Å². The number of hydrogen-bond donors (Lipinski definition) is 0. The Bertz CT molecular complexity index is 938. The van der Waals surface area contributed by atoms with Crippen LogP contribution in [0.5, 0.6) is 0 Å². The second-order valence-corrected chi connectivity index (χ2v) is 10.4. The van der Waals surface area contributed by atoms with Crippen LogP contribution in [0, 0.1) is 29.1 Å². The van der Waals surface area contributed by atoms with Gasteiger partial charge in [-0.3, -0.25) is 9.59 Å². The number of rotatable bonds is 3. The molecule has 5 nitrogen and oxygen atoms in total. The molecule has 0 N–H and O–H groups in total. The van der Waals surface area contributed by atoms with E-state index in [1.165, 1.54) is 5.57 Å². The zero-order valence-electron chi connectivity index (χ0n) is 17.8. The molecular formula is C25H29FO5. The summed E-state index contributed by atoms with van der Waals surface area (Å²) in [6.07, 6.45) is 8.30. The standard InChI is InChI=1S/C25H29FO5/c1-24-9-8-17-16-7-5-15(27)11-14(16)4-6-18(17)19(24)12-22-25(24,21(28)13-26)31-23(30-22)20-3-2-10-29-20/h2-3,10-11,16-19,22-23H,4-9,12-13H2,1H3/t16-,17?,18?,19?,22+,23?,24-,25+/m0/s1/i26-1. The molecule has 6 heteroatoms. The van der Waals surface area contributed by atoms with Gasteiger partial charge in [-0.2, -0.15) is 0 Å². The molecule has 1 aliphatic heterocycles. The molecule has 8 atom stereocenters. The molecule has 4 aliphatic carbocycles. The third-order valence-corrected chi connectivity index (χ3v) is 9.35. The van der Waals surface area contributed by atoms with Gasteiger partial charge in [-0.05, 0) is 80.4 Å². The first kappa shape index (κ1) is 19.9. The van der Waals surface area contributed by atoms with Crippen molar-refractivity contribution in [2.24, 2.45) is 29.1 Å². The number of furan rings is 1. The minimum absolute atomic E-state index is 0.253. The van der Waals surface area contributed by atoms with Crippen molar-refractivity contribution in [1.82, 2.24) is 0 Å². The number of carbonyl (C=O) groups is 2. The van der Waals surface area contributed by atoms with Gasteiger partial charge in [0.2, 0.25) is 6.29 Å². The highest BCUT2D eigenvalue weighted by Gasteiger charge is 2.74. The molecule has 0 bridgehead atoms. The van der Waals surface area contributed by atoms with Crippen LogP contribution in [0.3, 0.4) is 0 Å². The number of fused-ring (bicyclic) bond motifs is 7. The average molecular weight is 428 g/mol. The van der Waals surface area contributed by atoms with E-state index < -0.39 is 35.9 Å². The number of hydrogen-bond acceptors (Lipinski definition) is 5. The normalized spacial score (nSPS) is 46.0. The van der Waals surface area contributed by atoms with Gasteiger partial charge in [0.1, 0.15) is 0 Å². The third-order valence-electron chi connectivity index (χ3n) is 9.35. The van der Waals surface area contributed by atoms with E-state index in [0.29, 0.717) is 36.4 Å². The van der Waals surface area contributed by atoms with E-state index in [0.717, 1.165) is 32.1 Å². The fourth-order valence-electron chi connectivity index (χ4n) is 8.08. The van der Waals surface area contributed by atoms with Crippen LogP contribution in [-0.2, 0) is 19.1 Å². The molecule has 1 aromatic rings. The molecule has 0 radical (unpaired) electrons. The molecule has 1 aromatic heterocycles. The number of allylic oxidation sites excluding steroid dienone is 1. The summed E-state index contributed by atoms with van der Waals surface area (Å²) in [5, 5.41) is 0. The summed E-state index contributed by atoms with van der Waals surface area (Å²) in [5.74, 6) is 2.01. The van der Waals surface area contributed by atoms with Gasteiger partial charge in [0.05, 0.1) is 12.4 Å². The van der Waals surface area contributed by atoms with Gasteiger partial charge >= 0.3 is 0 Å². The Morgan fingerprint density at radius 1 is 1.23 bits per heavy atom. The summed E-state index contributed by atoms with van der Waals surface area (Å²) >= 11 is 0. The fourth-order valence-corrected chi connectivity index (χ4v) is 8.08. The second kappa shape index (κ2) is 6.85. The van der Waals surface area contributed by atoms with Crippen molar-refractivity contribution >= 4 is 11.6 Å². The lowest BCUT2D eigenvalue weighted by atomic mass is 9.50. The maximum Gasteiger partial charge on any atom is 0.218 e. The molecule has 3 saturated carbocycles. The Morgan fingerprint density at radius 2 is 2.10 bits per heavy atom. The van der Waals surface area contributed by atoms with Gasteiger partial charge in [-0.1, -0.05) is 12.5 Å². The molecule has 1 saturated heterocycles. The summed E-state index contributed by atoms with van der Waals surface area (Å²) in [6, 6.07) is 3.53. The molecule has 2 heterocycles. The Labute approximate surface area is 181 Å². The van der Waals surface area contributed by atoms with Crippen LogP contribution in [0.25, 0.3) is 0 Å². The maximum absolute atomic E-state index is 13.9. The molecule has 0 aromatic carbocycles. The number of alkyl halides is 1. The van der Waals surface area contributed by atoms with Gasteiger partial charge in [-0.15, -0.1) is 0 Å². The number of Topliss-reactive ketones (excluding diaryl/α,β-unsaturated/α-hetero) is 1. The molecule has 31 heavy (non-hydrogen) atoms. The van der Waals surface area contributed by atoms with Crippen LogP contribution in [-0.4, -0.2) is 29.9 Å². The highest BCUT2D eigenvalue weighted by atomic mass is 18.2. The zero-order valence-corrected chi connectivity index (χ0v) is 17.8. The second-order valence-electron chi connectivity index (χ2n) is 10.4. The third kappa shape index (κ3) is 2.55. The van der Waals surface area contributed by atoms with E-state index in [9.17, 15) is 14.0 Å². The van der Waals surface area contributed by atoms with Crippen LogP contribution in [0.4, 0.5) is 4.39 Å². The van der Waals surface area contributed by atoms with Gasteiger partial charge in [0.15, 0.2) is 29.6 Å². The van der Waals surface area contributed by atoms with Gasteiger partial charge < -0.3 is 13.9 Å². The van der Waals surface area contributed by atoms with Crippen LogP contribution in [0.2, 0.25) is 0 Å². The van der Waals surface area contributed by atoms with Crippen molar-refractivity contribution in [3.63, 3.8) is 0 Å². The van der Waals surface area contributed by atoms with Crippen LogP contribution in [0.15, 0.2) is 34.5 Å². The predicted molar refractivity (Wildman–Crippen MR) is 109 cm³/mol. The van der Waals surface area contributed by atoms with Crippen molar-refractivity contribution in [2.45, 2.75) is 69.9 Å². The lowest BCUT2D eigenvalue weighted by Gasteiger charge is -2.55. The Morgan fingerprint density at radius 3 is 2.87 bits per heavy atom. The van der Waals surface area contributed by atoms with E-state index in [1.807, 2.05) is 6.08 Å². The van der Waals surface area contributed by atoms with E-state index in [-0.39, 0.29) is 11.7 Å². The minimum Gasteiger partial charge on any atom is -0.464 e. The minimum atomic E-state index is -1.26. The van der Waals surface area contributed by atoms with Crippen molar-refractivity contribution in [3.8, 4) is 0 Å². The number of halogens is 1. The smallest absolute Gasteiger partial charge is 0.218 e. The van der Waals surface area contributed by atoms with E-state index in [1.54, 1.807) is 18.4 Å². The monoisotopic (exact) mass is 427 g/mol. The van der Waals surface area contributed by atoms with Gasteiger partial charge in [-0.25, -0.2) is 4.39 Å². The molecule has 4 fully saturated rings. The first-order valence-corrected chi connectivity index (χ1v) is 11.7. The van der Waals surface area contributed by atoms with Crippen LogP contribution in [0.1, 0.15) is 63.9 Å². The number of ether oxygens (including phenoxy) is 2. The lowest BCUT2D eigenvalue weighted by molar-refractivity contribution is -0.187. The SMILES string of the molecule is C[C@]12CCC3C(CCC4=CC(=O)CC[C@@H]43)C1C[C@H]1OC(c3ccco3)O[C@]12C(=O)C[18F]. The Balaban J connectivity index is 1.35. The summed E-state index contributed by atoms with van der Waals surface area (Å²) < 4.78 is 32.0. The van der Waals surface area contributed by atoms with E-state index >= 15 is 0 Å². The van der Waals surface area contributed by atoms with Crippen molar-refractivity contribution in [1.29, 1.82) is 0 Å². The lowest BCUT2D eigenvalue weighted by Crippen LogP contribution is -2.59. The van der Waals surface area contributed by atoms with Crippen molar-refractivity contribution in [2.75, 3.05) is 6.67 Å². The highest BCUT2D eigenvalue weighted by molar-refractivity contribution is 5.92. The summed E-state index contributed by atoms with van der Waals surface area (Å²) in [5.41, 5.74) is -0.387.